The molecule has 0 saturated heterocycles. The minimum Gasteiger partial charge on any atom is -0.334 e. The van der Waals surface area contributed by atoms with E-state index in [1.54, 1.807) is 10.9 Å². The first-order chi connectivity index (χ1) is 8.47. The van der Waals surface area contributed by atoms with Crippen LogP contribution in [0.1, 0.15) is 6.92 Å². The summed E-state index contributed by atoms with van der Waals surface area (Å²) in [4.78, 5) is 13.6. The van der Waals surface area contributed by atoms with Crippen molar-refractivity contribution in [3.8, 4) is 0 Å². The van der Waals surface area contributed by atoms with Gasteiger partial charge in [0.15, 0.2) is 0 Å². The van der Waals surface area contributed by atoms with E-state index in [2.05, 4.69) is 27.2 Å². The van der Waals surface area contributed by atoms with Crippen molar-refractivity contribution >= 4 is 11.7 Å². The fourth-order valence-corrected chi connectivity index (χ4v) is 1.26. The van der Waals surface area contributed by atoms with Crippen LogP contribution in [-0.2, 0) is 6.54 Å². The van der Waals surface area contributed by atoms with Crippen molar-refractivity contribution in [3.05, 3.63) is 24.5 Å². The zero-order valence-electron chi connectivity index (χ0n) is 11.2. The topological polar surface area (TPSA) is 62.2 Å². The number of hydrogen-bond acceptors (Lipinski definition) is 3. The second kappa shape index (κ2) is 6.80. The number of nitrogens with zero attached hydrogens (tertiary/aromatic N) is 3. The lowest BCUT2D eigenvalue weighted by Gasteiger charge is -2.08. The van der Waals surface area contributed by atoms with Gasteiger partial charge in [-0.3, -0.25) is 4.68 Å². The molecule has 2 N–H and O–H groups in total. The number of hydrogen-bond donors (Lipinski definition) is 2. The maximum absolute atomic E-state index is 11.5. The van der Waals surface area contributed by atoms with Crippen molar-refractivity contribution in [2.75, 3.05) is 32.5 Å². The average molecular weight is 251 g/mol. The number of rotatable bonds is 6. The zero-order chi connectivity index (χ0) is 13.5. The molecule has 0 aromatic carbocycles. The molecule has 0 radical (unpaired) electrons. The molecular weight excluding hydrogens is 230 g/mol. The molecule has 1 heterocycles. The second-order valence-electron chi connectivity index (χ2n) is 4.56. The average Bonchev–Trinajstić information content (AvgIpc) is 2.71. The molecule has 1 aromatic heterocycles. The monoisotopic (exact) mass is 251 g/mol. The van der Waals surface area contributed by atoms with Crippen LogP contribution < -0.4 is 10.6 Å². The first-order valence-electron chi connectivity index (χ1n) is 5.84. The summed E-state index contributed by atoms with van der Waals surface area (Å²) in [7, 11) is 4.02. The van der Waals surface area contributed by atoms with Gasteiger partial charge in [0.1, 0.15) is 0 Å². The molecule has 0 bridgehead atoms. The van der Waals surface area contributed by atoms with Crippen molar-refractivity contribution in [1.29, 1.82) is 0 Å². The first-order valence-corrected chi connectivity index (χ1v) is 5.84. The number of anilines is 1. The number of carbonyl (C=O) groups excluding carboxylic acids is 1. The molecule has 0 aliphatic heterocycles. The van der Waals surface area contributed by atoms with Gasteiger partial charge >= 0.3 is 6.03 Å². The molecule has 0 saturated carbocycles. The lowest BCUT2D eigenvalue weighted by Crippen LogP contribution is -2.29. The van der Waals surface area contributed by atoms with Crippen LogP contribution in [0.25, 0.3) is 0 Å². The van der Waals surface area contributed by atoms with Gasteiger partial charge in [0.05, 0.1) is 18.4 Å². The molecule has 18 heavy (non-hydrogen) atoms. The van der Waals surface area contributed by atoms with E-state index < -0.39 is 0 Å². The normalized spacial score (nSPS) is 10.4. The fraction of sp³-hybridized carbons (Fsp3) is 0.500. The van der Waals surface area contributed by atoms with Crippen molar-refractivity contribution < 1.29 is 4.79 Å². The lowest BCUT2D eigenvalue weighted by molar-refractivity contribution is 0.253. The van der Waals surface area contributed by atoms with Crippen molar-refractivity contribution in [3.63, 3.8) is 0 Å². The summed E-state index contributed by atoms with van der Waals surface area (Å²) in [6.07, 6.45) is 3.44. The van der Waals surface area contributed by atoms with Crippen LogP contribution >= 0.6 is 0 Å². The lowest BCUT2D eigenvalue weighted by atomic mass is 10.3. The van der Waals surface area contributed by atoms with Crippen LogP contribution in [0.15, 0.2) is 24.5 Å². The van der Waals surface area contributed by atoms with Gasteiger partial charge in [0.25, 0.3) is 0 Å². The third-order valence-electron chi connectivity index (χ3n) is 2.22. The minimum atomic E-state index is -0.245. The Morgan fingerprint density at radius 1 is 1.56 bits per heavy atom. The highest BCUT2D eigenvalue weighted by molar-refractivity contribution is 5.88. The van der Waals surface area contributed by atoms with E-state index in [1.807, 2.05) is 27.2 Å². The summed E-state index contributed by atoms with van der Waals surface area (Å²) in [6, 6.07) is -0.245. The third-order valence-corrected chi connectivity index (χ3v) is 2.22. The molecule has 1 rings (SSSR count). The van der Waals surface area contributed by atoms with E-state index in [0.29, 0.717) is 12.2 Å². The molecule has 100 valence electrons. The van der Waals surface area contributed by atoms with Gasteiger partial charge in [-0.1, -0.05) is 12.2 Å². The molecule has 0 spiro atoms. The van der Waals surface area contributed by atoms with Crippen LogP contribution in [0.4, 0.5) is 10.5 Å². The largest absolute Gasteiger partial charge is 0.334 e. The SMILES string of the molecule is C=C(C)CNC(=O)Nc1cnn(CCN(C)C)c1. The summed E-state index contributed by atoms with van der Waals surface area (Å²) in [5.41, 5.74) is 1.60. The van der Waals surface area contributed by atoms with Gasteiger partial charge in [0.2, 0.25) is 0 Å². The number of aromatic nitrogens is 2. The number of nitrogens with one attached hydrogen (secondary N) is 2. The van der Waals surface area contributed by atoms with E-state index in [1.165, 1.54) is 0 Å². The number of amides is 2. The number of urea groups is 1. The standard InChI is InChI=1S/C12H21N5O/c1-10(2)7-13-12(18)15-11-8-14-17(9-11)6-5-16(3)4/h8-9H,1,5-7H2,2-4H3,(H2,13,15,18). The van der Waals surface area contributed by atoms with Crippen LogP contribution in [0, 0.1) is 0 Å². The number of carbonyl (C=O) groups is 1. The van der Waals surface area contributed by atoms with Gasteiger partial charge in [-0.2, -0.15) is 5.10 Å². The summed E-state index contributed by atoms with van der Waals surface area (Å²) in [6.45, 7) is 7.75. The maximum Gasteiger partial charge on any atom is 0.319 e. The summed E-state index contributed by atoms with van der Waals surface area (Å²) in [5, 5.41) is 9.58. The van der Waals surface area contributed by atoms with Crippen LogP contribution in [0.2, 0.25) is 0 Å². The van der Waals surface area contributed by atoms with Crippen molar-refractivity contribution in [1.82, 2.24) is 20.0 Å². The third kappa shape index (κ3) is 5.49. The summed E-state index contributed by atoms with van der Waals surface area (Å²) in [5.74, 6) is 0. The molecular formula is C12H21N5O. The molecule has 6 nitrogen and oxygen atoms in total. The smallest absolute Gasteiger partial charge is 0.319 e. The first kappa shape index (κ1) is 14.2. The quantitative estimate of drug-likeness (QED) is 0.745. The van der Waals surface area contributed by atoms with Crippen LogP contribution in [-0.4, -0.2) is 47.9 Å². The Morgan fingerprint density at radius 2 is 2.28 bits per heavy atom. The van der Waals surface area contributed by atoms with Gasteiger partial charge in [-0.25, -0.2) is 4.79 Å². The van der Waals surface area contributed by atoms with Crippen molar-refractivity contribution in [2.24, 2.45) is 0 Å². The Bertz CT molecular complexity index is 410. The van der Waals surface area contributed by atoms with Crippen LogP contribution in [0.5, 0.6) is 0 Å². The van der Waals surface area contributed by atoms with E-state index in [9.17, 15) is 4.79 Å². The van der Waals surface area contributed by atoms with Gasteiger partial charge in [-0.05, 0) is 21.0 Å². The highest BCUT2D eigenvalue weighted by atomic mass is 16.2. The molecule has 0 aliphatic rings. The highest BCUT2D eigenvalue weighted by Crippen LogP contribution is 2.04. The van der Waals surface area contributed by atoms with Gasteiger partial charge < -0.3 is 15.5 Å². The predicted octanol–water partition coefficient (Wildman–Crippen LogP) is 1.14. The second-order valence-corrected chi connectivity index (χ2v) is 4.56. The molecule has 1 aromatic rings. The van der Waals surface area contributed by atoms with Crippen LogP contribution in [0.3, 0.4) is 0 Å². The Labute approximate surface area is 108 Å². The summed E-state index contributed by atoms with van der Waals surface area (Å²) < 4.78 is 1.80. The fourth-order valence-electron chi connectivity index (χ4n) is 1.26. The molecule has 0 fully saturated rings. The van der Waals surface area contributed by atoms with E-state index >= 15 is 0 Å². The zero-order valence-corrected chi connectivity index (χ0v) is 11.2. The maximum atomic E-state index is 11.5. The molecule has 0 unspecified atom stereocenters. The predicted molar refractivity (Wildman–Crippen MR) is 72.6 cm³/mol. The van der Waals surface area contributed by atoms with Gasteiger partial charge in [0, 0.05) is 19.3 Å². The van der Waals surface area contributed by atoms with E-state index in [4.69, 9.17) is 0 Å². The number of likely N-dealkylation sites (N-methyl/N-ethyl adjacent to an activating group) is 1. The van der Waals surface area contributed by atoms with E-state index in [0.717, 1.165) is 18.7 Å². The van der Waals surface area contributed by atoms with E-state index in [-0.39, 0.29) is 6.03 Å². The van der Waals surface area contributed by atoms with Crippen molar-refractivity contribution in [2.45, 2.75) is 13.5 Å². The Morgan fingerprint density at radius 3 is 2.89 bits per heavy atom. The highest BCUT2D eigenvalue weighted by Gasteiger charge is 2.03. The Balaban J connectivity index is 2.38. The summed E-state index contributed by atoms with van der Waals surface area (Å²) >= 11 is 0. The molecule has 6 heteroatoms. The Hall–Kier alpha value is -1.82. The molecule has 2 amide bonds. The molecule has 0 aliphatic carbocycles. The minimum absolute atomic E-state index is 0.245. The Kier molecular flexibility index (Phi) is 5.38. The molecule has 0 atom stereocenters. The van der Waals surface area contributed by atoms with Gasteiger partial charge in [-0.15, -0.1) is 0 Å².